The molecule has 0 unspecified atom stereocenters. The van der Waals surface area contributed by atoms with Gasteiger partial charge in [-0.1, -0.05) is 29.8 Å². The Morgan fingerprint density at radius 2 is 1.89 bits per heavy atom. The van der Waals surface area contributed by atoms with E-state index in [4.69, 9.17) is 27.9 Å². The van der Waals surface area contributed by atoms with Crippen molar-refractivity contribution in [2.75, 3.05) is 0 Å². The van der Waals surface area contributed by atoms with Crippen LogP contribution in [-0.4, -0.2) is 0 Å². The molecule has 0 saturated carbocycles. The van der Waals surface area contributed by atoms with Crippen molar-refractivity contribution in [3.8, 4) is 5.75 Å². The number of hydrogen-bond donors (Lipinski definition) is 0. The van der Waals surface area contributed by atoms with Crippen LogP contribution in [0.3, 0.4) is 0 Å². The summed E-state index contributed by atoms with van der Waals surface area (Å²) in [4.78, 5) is 0. The molecule has 0 radical (unpaired) electrons. The highest BCUT2D eigenvalue weighted by molar-refractivity contribution is 9.10. The van der Waals surface area contributed by atoms with Crippen molar-refractivity contribution in [1.82, 2.24) is 0 Å². The fourth-order valence-electron chi connectivity index (χ4n) is 1.53. The lowest BCUT2D eigenvalue weighted by Gasteiger charge is -2.09. The first kappa shape index (κ1) is 13.7. The van der Waals surface area contributed by atoms with Crippen LogP contribution in [0.1, 0.15) is 11.1 Å². The summed E-state index contributed by atoms with van der Waals surface area (Å²) in [5.41, 5.74) is 2.09. The first-order valence-corrected chi connectivity index (χ1v) is 7.11. The summed E-state index contributed by atoms with van der Waals surface area (Å²) in [6.45, 7) is 0.485. The van der Waals surface area contributed by atoms with E-state index in [9.17, 15) is 0 Å². The Bertz CT molecular complexity index is 543. The van der Waals surface area contributed by atoms with Crippen LogP contribution < -0.4 is 4.74 Å². The molecule has 2 aromatic carbocycles. The van der Waals surface area contributed by atoms with Crippen LogP contribution in [0.5, 0.6) is 5.75 Å². The summed E-state index contributed by atoms with van der Waals surface area (Å²) in [7, 11) is 0. The molecule has 0 heterocycles. The van der Waals surface area contributed by atoms with Crippen LogP contribution in [0.2, 0.25) is 5.02 Å². The molecule has 0 fully saturated rings. The maximum atomic E-state index is 5.92. The predicted octanol–water partition coefficient (Wildman–Crippen LogP) is 5.42. The quantitative estimate of drug-likeness (QED) is 0.672. The number of benzene rings is 2. The highest BCUT2D eigenvalue weighted by atomic mass is 79.9. The van der Waals surface area contributed by atoms with E-state index in [1.165, 1.54) is 0 Å². The summed E-state index contributed by atoms with van der Waals surface area (Å²) < 4.78 is 6.63. The molecule has 94 valence electrons. The first-order valence-electron chi connectivity index (χ1n) is 5.40. The second-order valence-corrected chi connectivity index (χ2v) is 5.38. The fraction of sp³-hybridized carbons (Fsp3) is 0.143. The molecular weight excluding hydrogens is 335 g/mol. The van der Waals surface area contributed by atoms with Gasteiger partial charge in [0.15, 0.2) is 0 Å². The van der Waals surface area contributed by atoms with Gasteiger partial charge in [-0.05, 0) is 51.3 Å². The molecule has 0 aromatic heterocycles. The molecule has 2 rings (SSSR count). The van der Waals surface area contributed by atoms with E-state index >= 15 is 0 Å². The molecule has 0 N–H and O–H groups in total. The van der Waals surface area contributed by atoms with Crippen molar-refractivity contribution in [3.05, 3.63) is 63.1 Å². The Morgan fingerprint density at radius 1 is 1.06 bits per heavy atom. The minimum Gasteiger partial charge on any atom is -0.488 e. The van der Waals surface area contributed by atoms with Crippen molar-refractivity contribution in [3.63, 3.8) is 0 Å². The third-order valence-electron chi connectivity index (χ3n) is 2.43. The zero-order valence-corrected chi connectivity index (χ0v) is 12.6. The second-order valence-electron chi connectivity index (χ2n) is 3.82. The van der Waals surface area contributed by atoms with Gasteiger partial charge in [0, 0.05) is 10.9 Å². The van der Waals surface area contributed by atoms with Gasteiger partial charge in [-0.15, -0.1) is 11.6 Å². The molecule has 0 atom stereocenters. The van der Waals surface area contributed by atoms with Gasteiger partial charge >= 0.3 is 0 Å². The molecule has 2 aromatic rings. The Morgan fingerprint density at radius 3 is 2.56 bits per heavy atom. The molecule has 1 nitrogen and oxygen atoms in total. The predicted molar refractivity (Wildman–Crippen MR) is 79.5 cm³/mol. The van der Waals surface area contributed by atoms with Crippen LogP contribution in [0, 0.1) is 0 Å². The topological polar surface area (TPSA) is 9.23 Å². The summed E-state index contributed by atoms with van der Waals surface area (Å²) in [5.74, 6) is 1.29. The number of halogens is 3. The smallest absolute Gasteiger partial charge is 0.134 e. The highest BCUT2D eigenvalue weighted by Gasteiger charge is 2.03. The molecule has 0 saturated heterocycles. The molecular formula is C14H11BrCl2O. The van der Waals surface area contributed by atoms with Crippen molar-refractivity contribution < 1.29 is 4.74 Å². The first-order chi connectivity index (χ1) is 8.69. The van der Waals surface area contributed by atoms with Gasteiger partial charge in [0.05, 0.1) is 4.47 Å². The van der Waals surface area contributed by atoms with Gasteiger partial charge < -0.3 is 4.74 Å². The fourth-order valence-corrected chi connectivity index (χ4v) is 2.45. The van der Waals surface area contributed by atoms with E-state index in [0.717, 1.165) is 21.3 Å². The summed E-state index contributed by atoms with van der Waals surface area (Å²) >= 11 is 15.1. The maximum absolute atomic E-state index is 5.92. The van der Waals surface area contributed by atoms with Crippen molar-refractivity contribution in [2.45, 2.75) is 12.5 Å². The summed E-state index contributed by atoms with van der Waals surface area (Å²) in [6, 6.07) is 13.4. The SMILES string of the molecule is ClCc1ccc(OCc2cccc(Cl)c2)c(Br)c1. The van der Waals surface area contributed by atoms with Gasteiger partial charge in [-0.25, -0.2) is 0 Å². The van der Waals surface area contributed by atoms with E-state index in [1.54, 1.807) is 0 Å². The van der Waals surface area contributed by atoms with Crippen LogP contribution in [-0.2, 0) is 12.5 Å². The van der Waals surface area contributed by atoms with Gasteiger partial charge in [-0.2, -0.15) is 0 Å². The highest BCUT2D eigenvalue weighted by Crippen LogP contribution is 2.27. The van der Waals surface area contributed by atoms with Crippen molar-refractivity contribution in [2.24, 2.45) is 0 Å². The monoisotopic (exact) mass is 344 g/mol. The van der Waals surface area contributed by atoms with Crippen molar-refractivity contribution >= 4 is 39.1 Å². The Balaban J connectivity index is 2.06. The third kappa shape index (κ3) is 3.64. The van der Waals surface area contributed by atoms with Gasteiger partial charge in [0.1, 0.15) is 12.4 Å². The number of alkyl halides is 1. The third-order valence-corrected chi connectivity index (χ3v) is 3.60. The number of ether oxygens (including phenoxy) is 1. The standard InChI is InChI=1S/C14H11BrCl2O/c15-13-7-10(8-16)4-5-14(13)18-9-11-2-1-3-12(17)6-11/h1-7H,8-9H2. The Hall–Kier alpha value is -0.700. The lowest BCUT2D eigenvalue weighted by molar-refractivity contribution is 0.304. The van der Waals surface area contributed by atoms with Gasteiger partial charge in [-0.3, -0.25) is 0 Å². The van der Waals surface area contributed by atoms with E-state index in [-0.39, 0.29) is 0 Å². The molecule has 0 spiro atoms. The van der Waals surface area contributed by atoms with E-state index in [2.05, 4.69) is 15.9 Å². The molecule has 0 aliphatic heterocycles. The number of hydrogen-bond acceptors (Lipinski definition) is 1. The molecule has 0 aliphatic carbocycles. The molecule has 4 heteroatoms. The second kappa shape index (κ2) is 6.46. The zero-order valence-electron chi connectivity index (χ0n) is 9.50. The minimum absolute atomic E-state index is 0.485. The normalized spacial score (nSPS) is 10.4. The van der Waals surface area contributed by atoms with E-state index in [1.807, 2.05) is 42.5 Å². The lowest BCUT2D eigenvalue weighted by Crippen LogP contribution is -1.96. The largest absolute Gasteiger partial charge is 0.488 e. The lowest BCUT2D eigenvalue weighted by atomic mass is 10.2. The van der Waals surface area contributed by atoms with Crippen LogP contribution in [0.4, 0.5) is 0 Å². The Labute approximate surface area is 125 Å². The maximum Gasteiger partial charge on any atom is 0.134 e. The average Bonchev–Trinajstić information content (AvgIpc) is 2.37. The summed E-state index contributed by atoms with van der Waals surface area (Å²) in [5, 5.41) is 0.715. The van der Waals surface area contributed by atoms with Gasteiger partial charge in [0.2, 0.25) is 0 Å². The zero-order chi connectivity index (χ0) is 13.0. The summed E-state index contributed by atoms with van der Waals surface area (Å²) in [6.07, 6.45) is 0. The molecule has 18 heavy (non-hydrogen) atoms. The Kier molecular flexibility index (Phi) is 4.93. The molecule has 0 bridgehead atoms. The van der Waals surface area contributed by atoms with Crippen LogP contribution >= 0.6 is 39.1 Å². The number of rotatable bonds is 4. The minimum atomic E-state index is 0.485. The molecule has 0 aliphatic rings. The molecule has 0 amide bonds. The van der Waals surface area contributed by atoms with E-state index in [0.29, 0.717) is 17.5 Å². The average molecular weight is 346 g/mol. The van der Waals surface area contributed by atoms with Crippen molar-refractivity contribution in [1.29, 1.82) is 0 Å². The van der Waals surface area contributed by atoms with Crippen LogP contribution in [0.15, 0.2) is 46.9 Å². The van der Waals surface area contributed by atoms with Crippen LogP contribution in [0.25, 0.3) is 0 Å². The van der Waals surface area contributed by atoms with Gasteiger partial charge in [0.25, 0.3) is 0 Å². The van der Waals surface area contributed by atoms with E-state index < -0.39 is 0 Å².